The van der Waals surface area contributed by atoms with Crippen molar-refractivity contribution in [2.75, 3.05) is 36.5 Å². The van der Waals surface area contributed by atoms with Crippen LogP contribution in [0, 0.1) is 0 Å². The van der Waals surface area contributed by atoms with Gasteiger partial charge in [0.05, 0.1) is 35.2 Å². The van der Waals surface area contributed by atoms with Crippen molar-refractivity contribution in [2.45, 2.75) is 13.5 Å². The Morgan fingerprint density at radius 2 is 1.91 bits per heavy atom. The van der Waals surface area contributed by atoms with Gasteiger partial charge in [-0.05, 0) is 31.2 Å². The highest BCUT2D eigenvalue weighted by Crippen LogP contribution is 2.37. The third-order valence-electron chi connectivity index (χ3n) is 5.87. The summed E-state index contributed by atoms with van der Waals surface area (Å²) in [6.07, 6.45) is 1.76. The summed E-state index contributed by atoms with van der Waals surface area (Å²) in [6, 6.07) is 15.3. The fraction of sp³-hybridized carbons (Fsp3) is 0.240. The van der Waals surface area contributed by atoms with Crippen LogP contribution in [-0.2, 0) is 16.1 Å². The first-order valence-corrected chi connectivity index (χ1v) is 11.8. The maximum Gasteiger partial charge on any atom is 0.311 e. The molecule has 9 heteroatoms. The van der Waals surface area contributed by atoms with Crippen molar-refractivity contribution in [1.29, 1.82) is 0 Å². The van der Waals surface area contributed by atoms with Gasteiger partial charge < -0.3 is 20.1 Å². The van der Waals surface area contributed by atoms with Crippen LogP contribution in [0.2, 0.25) is 0 Å². The number of carbonyl (C=O) groups is 1. The number of ether oxygens (including phenoxy) is 1. The summed E-state index contributed by atoms with van der Waals surface area (Å²) < 4.78 is 6.51. The van der Waals surface area contributed by atoms with Gasteiger partial charge in [-0.15, -0.1) is 0 Å². The summed E-state index contributed by atoms with van der Waals surface area (Å²) in [5.41, 5.74) is 5.03. The van der Waals surface area contributed by atoms with E-state index in [1.807, 2.05) is 55.5 Å². The molecule has 0 bridgehead atoms. The average molecular weight is 477 g/mol. The Hall–Kier alpha value is -3.69. The first kappa shape index (κ1) is 22.1. The maximum absolute atomic E-state index is 12.8. The van der Waals surface area contributed by atoms with E-state index in [1.165, 1.54) is 0 Å². The van der Waals surface area contributed by atoms with Gasteiger partial charge in [-0.25, -0.2) is 0 Å². The van der Waals surface area contributed by atoms with Crippen LogP contribution in [0.25, 0.3) is 11.6 Å². The number of morpholine rings is 1. The number of aromatic nitrogens is 1. The number of nitrogens with one attached hydrogen (secondary N) is 1. The van der Waals surface area contributed by atoms with Gasteiger partial charge in [-0.1, -0.05) is 41.7 Å². The number of para-hydroxylation sites is 3. The highest BCUT2D eigenvalue weighted by atomic mass is 32.1. The van der Waals surface area contributed by atoms with Crippen LogP contribution in [0.4, 0.5) is 17.1 Å². The van der Waals surface area contributed by atoms with Crippen LogP contribution in [0.3, 0.4) is 0 Å². The zero-order valence-electron chi connectivity index (χ0n) is 18.7. The molecule has 0 radical (unpaired) electrons. The van der Waals surface area contributed by atoms with E-state index in [4.69, 9.17) is 4.74 Å². The van der Waals surface area contributed by atoms with Crippen molar-refractivity contribution < 1.29 is 14.6 Å². The molecule has 0 unspecified atom stereocenters. The van der Waals surface area contributed by atoms with Crippen molar-refractivity contribution in [3.8, 4) is 5.88 Å². The summed E-state index contributed by atoms with van der Waals surface area (Å²) in [5.74, 6) is -0.615. The van der Waals surface area contributed by atoms with Crippen molar-refractivity contribution in [3.63, 3.8) is 0 Å². The summed E-state index contributed by atoms with van der Waals surface area (Å²) in [4.78, 5) is 32.1. The molecule has 0 atom stereocenters. The third-order valence-corrected chi connectivity index (χ3v) is 6.79. The number of aromatic hydroxyl groups is 1. The summed E-state index contributed by atoms with van der Waals surface area (Å²) in [7, 11) is 0. The minimum Gasteiger partial charge on any atom is -0.493 e. The molecule has 1 fully saturated rings. The van der Waals surface area contributed by atoms with Gasteiger partial charge in [-0.2, -0.15) is 0 Å². The molecule has 1 aromatic heterocycles. The van der Waals surface area contributed by atoms with Crippen LogP contribution in [0.15, 0.2) is 58.3 Å². The second-order valence-corrected chi connectivity index (χ2v) is 9.07. The highest BCUT2D eigenvalue weighted by Gasteiger charge is 2.21. The van der Waals surface area contributed by atoms with Crippen molar-refractivity contribution in [3.05, 3.63) is 68.6 Å². The van der Waals surface area contributed by atoms with Crippen molar-refractivity contribution in [2.24, 2.45) is 4.99 Å². The average Bonchev–Trinajstić information content (AvgIpc) is 3.30. The number of fused-ring (bicyclic) bond motifs is 1. The molecule has 0 aliphatic carbocycles. The fourth-order valence-corrected chi connectivity index (χ4v) is 5.02. The van der Waals surface area contributed by atoms with Crippen LogP contribution < -0.4 is 15.1 Å². The van der Waals surface area contributed by atoms with E-state index >= 15 is 0 Å². The molecule has 1 saturated heterocycles. The van der Waals surface area contributed by atoms with Crippen LogP contribution in [0.5, 0.6) is 5.88 Å². The molecule has 1 amide bonds. The summed E-state index contributed by atoms with van der Waals surface area (Å²) >= 11 is 0.903. The Labute approximate surface area is 200 Å². The number of hydrogen-bond donors (Lipinski definition) is 2. The number of anilines is 2. The number of benzene rings is 2. The van der Waals surface area contributed by atoms with E-state index in [0.717, 1.165) is 57.2 Å². The first-order valence-electron chi connectivity index (χ1n) is 11.0. The fourth-order valence-electron chi connectivity index (χ4n) is 4.19. The molecular weight excluding hydrogens is 452 g/mol. The zero-order valence-corrected chi connectivity index (χ0v) is 19.5. The molecule has 174 valence electrons. The SMILES string of the molecule is CC1=Nc2ccccc2C1=Cc1sc(=O)n(CC(=O)Nc2ccccc2N2CCOCC2)c1O. The number of thiazole rings is 1. The Bertz CT molecular complexity index is 1370. The number of allylic oxidation sites excluding steroid dienone is 1. The van der Waals surface area contributed by atoms with Crippen molar-refractivity contribution in [1.82, 2.24) is 4.57 Å². The van der Waals surface area contributed by atoms with E-state index in [9.17, 15) is 14.7 Å². The van der Waals surface area contributed by atoms with Crippen LogP contribution >= 0.6 is 11.3 Å². The molecule has 8 nitrogen and oxygen atoms in total. The molecule has 0 spiro atoms. The molecule has 2 aliphatic rings. The van der Waals surface area contributed by atoms with Crippen LogP contribution in [-0.4, -0.2) is 47.6 Å². The molecule has 2 aromatic carbocycles. The Morgan fingerprint density at radius 1 is 1.18 bits per heavy atom. The Kier molecular flexibility index (Phi) is 6.04. The lowest BCUT2D eigenvalue weighted by molar-refractivity contribution is -0.116. The normalized spacial score (nSPS) is 16.4. The molecule has 34 heavy (non-hydrogen) atoms. The molecule has 5 rings (SSSR count). The van der Waals surface area contributed by atoms with E-state index in [-0.39, 0.29) is 18.3 Å². The largest absolute Gasteiger partial charge is 0.493 e. The molecule has 3 heterocycles. The predicted molar refractivity (Wildman–Crippen MR) is 135 cm³/mol. The lowest BCUT2D eigenvalue weighted by Crippen LogP contribution is -2.37. The number of aliphatic imine (C=N–C) groups is 1. The third kappa shape index (κ3) is 4.27. The minimum atomic E-state index is -0.401. The van der Waals surface area contributed by atoms with Gasteiger partial charge in [0.15, 0.2) is 0 Å². The lowest BCUT2D eigenvalue weighted by atomic mass is 10.0. The molecule has 0 saturated carbocycles. The van der Waals surface area contributed by atoms with Gasteiger partial charge >= 0.3 is 4.87 Å². The van der Waals surface area contributed by atoms with E-state index < -0.39 is 4.87 Å². The van der Waals surface area contributed by atoms with E-state index in [2.05, 4.69) is 15.2 Å². The maximum atomic E-state index is 12.8. The van der Waals surface area contributed by atoms with Crippen molar-refractivity contribution >= 4 is 51.7 Å². The minimum absolute atomic E-state index is 0.226. The van der Waals surface area contributed by atoms with Gasteiger partial charge in [0, 0.05) is 29.9 Å². The quantitative estimate of drug-likeness (QED) is 0.585. The second-order valence-electron chi connectivity index (χ2n) is 8.08. The number of nitrogens with zero attached hydrogens (tertiary/aromatic N) is 3. The van der Waals surface area contributed by atoms with Crippen LogP contribution in [0.1, 0.15) is 17.4 Å². The summed E-state index contributed by atoms with van der Waals surface area (Å²) in [6.45, 7) is 4.34. The molecular formula is C25H24N4O4S. The molecule has 2 aliphatic heterocycles. The van der Waals surface area contributed by atoms with Gasteiger partial charge in [-0.3, -0.25) is 19.1 Å². The number of amides is 1. The standard InChI is InChI=1S/C25H24N4O4S/c1-16-18(17-6-2-3-7-19(17)26-16)14-22-24(31)29(25(32)34-22)15-23(30)27-20-8-4-5-9-21(20)28-10-12-33-13-11-28/h2-9,14,31H,10-13,15H2,1H3,(H,27,30). The lowest BCUT2D eigenvalue weighted by Gasteiger charge is -2.30. The van der Waals surface area contributed by atoms with Gasteiger partial charge in [0.1, 0.15) is 6.54 Å². The second kappa shape index (κ2) is 9.28. The number of carbonyl (C=O) groups excluding carboxylic acids is 1. The smallest absolute Gasteiger partial charge is 0.311 e. The predicted octanol–water partition coefficient (Wildman–Crippen LogP) is 3.74. The number of hydrogen-bond acceptors (Lipinski definition) is 7. The van der Waals surface area contributed by atoms with Gasteiger partial charge in [0.2, 0.25) is 11.8 Å². The highest BCUT2D eigenvalue weighted by molar-refractivity contribution is 7.10. The van der Waals surface area contributed by atoms with E-state index in [1.54, 1.807) is 6.08 Å². The molecule has 3 aromatic rings. The van der Waals surface area contributed by atoms with E-state index in [0.29, 0.717) is 23.8 Å². The monoisotopic (exact) mass is 476 g/mol. The zero-order chi connectivity index (χ0) is 23.7. The van der Waals surface area contributed by atoms with Gasteiger partial charge in [0.25, 0.3) is 0 Å². The number of rotatable bonds is 5. The molecule has 2 N–H and O–H groups in total. The Balaban J connectivity index is 1.37. The Morgan fingerprint density at radius 3 is 2.74 bits per heavy atom. The summed E-state index contributed by atoms with van der Waals surface area (Å²) in [5, 5.41) is 13.7. The topological polar surface area (TPSA) is 96.2 Å². The first-order chi connectivity index (χ1) is 16.5.